The van der Waals surface area contributed by atoms with Gasteiger partial charge in [-0.3, -0.25) is 0 Å². The fourth-order valence-corrected chi connectivity index (χ4v) is 1.97. The van der Waals surface area contributed by atoms with E-state index in [1.807, 2.05) is 42.5 Å². The van der Waals surface area contributed by atoms with Crippen LogP contribution in [-0.4, -0.2) is 7.11 Å². The Morgan fingerprint density at radius 1 is 1.06 bits per heavy atom. The van der Waals surface area contributed by atoms with Gasteiger partial charge in [0.1, 0.15) is 5.75 Å². The molecule has 2 nitrogen and oxygen atoms in total. The lowest BCUT2D eigenvalue weighted by molar-refractivity contribution is 0.415. The van der Waals surface area contributed by atoms with E-state index in [0.29, 0.717) is 10.8 Å². The number of nitrogens with two attached hydrogens (primary N) is 1. The molecule has 2 N–H and O–H groups in total. The van der Waals surface area contributed by atoms with Gasteiger partial charge in [0.05, 0.1) is 12.1 Å². The Hall–Kier alpha value is -1.67. The molecule has 88 valence electrons. The number of rotatable bonds is 3. The van der Waals surface area contributed by atoms with Gasteiger partial charge in [-0.1, -0.05) is 29.8 Å². The van der Waals surface area contributed by atoms with Crippen LogP contribution in [-0.2, 0) is 6.42 Å². The summed E-state index contributed by atoms with van der Waals surface area (Å²) >= 11 is 6.08. The van der Waals surface area contributed by atoms with Gasteiger partial charge >= 0.3 is 0 Å². The number of benzene rings is 2. The number of ether oxygens (including phenoxy) is 1. The quantitative estimate of drug-likeness (QED) is 0.843. The number of nitrogen functional groups attached to an aromatic ring is 1. The lowest BCUT2D eigenvalue weighted by Crippen LogP contribution is -1.91. The molecule has 0 bridgehead atoms. The van der Waals surface area contributed by atoms with E-state index < -0.39 is 0 Å². The highest BCUT2D eigenvalue weighted by molar-refractivity contribution is 6.32. The first-order valence-corrected chi connectivity index (χ1v) is 5.73. The normalized spacial score (nSPS) is 10.2. The van der Waals surface area contributed by atoms with Crippen molar-refractivity contribution in [2.45, 2.75) is 6.42 Å². The minimum Gasteiger partial charge on any atom is -0.495 e. The summed E-state index contributed by atoms with van der Waals surface area (Å²) in [6.45, 7) is 0. The molecule has 2 aromatic carbocycles. The van der Waals surface area contributed by atoms with E-state index in [1.54, 1.807) is 7.11 Å². The van der Waals surface area contributed by atoms with Crippen LogP contribution in [0.1, 0.15) is 11.1 Å². The van der Waals surface area contributed by atoms with Gasteiger partial charge in [0.15, 0.2) is 0 Å². The minimum absolute atomic E-state index is 0.639. The monoisotopic (exact) mass is 247 g/mol. The number of methoxy groups -OCH3 is 1. The van der Waals surface area contributed by atoms with Gasteiger partial charge in [-0.25, -0.2) is 0 Å². The fourth-order valence-electron chi connectivity index (χ4n) is 1.69. The van der Waals surface area contributed by atoms with Crippen LogP contribution in [0.25, 0.3) is 0 Å². The van der Waals surface area contributed by atoms with Crippen molar-refractivity contribution in [2.24, 2.45) is 0 Å². The molecular formula is C14H14ClNO. The Labute approximate surface area is 106 Å². The SMILES string of the molecule is COc1ccc(Cc2ccc(N)cc2)cc1Cl. The molecule has 0 radical (unpaired) electrons. The van der Waals surface area contributed by atoms with E-state index in [9.17, 15) is 0 Å². The largest absolute Gasteiger partial charge is 0.495 e. The van der Waals surface area contributed by atoms with E-state index in [0.717, 1.165) is 17.7 Å². The summed E-state index contributed by atoms with van der Waals surface area (Å²) in [5.41, 5.74) is 8.79. The van der Waals surface area contributed by atoms with Crippen LogP contribution in [0, 0.1) is 0 Å². The summed E-state index contributed by atoms with van der Waals surface area (Å²) in [6.07, 6.45) is 0.837. The van der Waals surface area contributed by atoms with Crippen LogP contribution in [0.5, 0.6) is 5.75 Å². The molecule has 0 aliphatic rings. The van der Waals surface area contributed by atoms with Crippen LogP contribution in [0.3, 0.4) is 0 Å². The van der Waals surface area contributed by atoms with Crippen molar-refractivity contribution in [3.63, 3.8) is 0 Å². The molecule has 3 heteroatoms. The molecule has 0 aromatic heterocycles. The molecule has 0 amide bonds. The number of hydrogen-bond donors (Lipinski definition) is 1. The predicted octanol–water partition coefficient (Wildman–Crippen LogP) is 3.52. The molecule has 0 atom stereocenters. The molecule has 0 saturated carbocycles. The lowest BCUT2D eigenvalue weighted by Gasteiger charge is -2.06. The molecule has 0 aliphatic heterocycles. The lowest BCUT2D eigenvalue weighted by atomic mass is 10.0. The fraction of sp³-hybridized carbons (Fsp3) is 0.143. The van der Waals surface area contributed by atoms with E-state index >= 15 is 0 Å². The summed E-state index contributed by atoms with van der Waals surface area (Å²) in [5, 5.41) is 0.639. The first-order chi connectivity index (χ1) is 8.19. The van der Waals surface area contributed by atoms with Crippen LogP contribution >= 0.6 is 11.6 Å². The van der Waals surface area contributed by atoms with Crippen molar-refractivity contribution < 1.29 is 4.74 Å². The molecule has 0 spiro atoms. The number of hydrogen-bond acceptors (Lipinski definition) is 2. The molecule has 0 heterocycles. The van der Waals surface area contributed by atoms with Crippen LogP contribution in [0.15, 0.2) is 42.5 Å². The van der Waals surface area contributed by atoms with Crippen molar-refractivity contribution >= 4 is 17.3 Å². The van der Waals surface area contributed by atoms with Crippen molar-refractivity contribution in [1.29, 1.82) is 0 Å². The van der Waals surface area contributed by atoms with Gasteiger partial charge in [-0.15, -0.1) is 0 Å². The van der Waals surface area contributed by atoms with Crippen LogP contribution < -0.4 is 10.5 Å². The van der Waals surface area contributed by atoms with Gasteiger partial charge in [-0.05, 0) is 41.8 Å². The average molecular weight is 248 g/mol. The Morgan fingerprint density at radius 3 is 2.29 bits per heavy atom. The zero-order valence-electron chi connectivity index (χ0n) is 9.61. The Kier molecular flexibility index (Phi) is 3.55. The highest BCUT2D eigenvalue weighted by atomic mass is 35.5. The second kappa shape index (κ2) is 5.11. The maximum absolute atomic E-state index is 6.08. The molecular weight excluding hydrogens is 234 g/mol. The van der Waals surface area contributed by atoms with Crippen LogP contribution in [0.2, 0.25) is 5.02 Å². The first-order valence-electron chi connectivity index (χ1n) is 5.36. The van der Waals surface area contributed by atoms with Gasteiger partial charge in [0, 0.05) is 5.69 Å². The molecule has 2 aromatic rings. The van der Waals surface area contributed by atoms with Crippen molar-refractivity contribution in [3.8, 4) is 5.75 Å². The Bertz CT molecular complexity index is 508. The molecule has 2 rings (SSSR count). The summed E-state index contributed by atoms with van der Waals surface area (Å²) in [4.78, 5) is 0. The van der Waals surface area contributed by atoms with E-state index in [2.05, 4.69) is 0 Å². The molecule has 0 fully saturated rings. The van der Waals surface area contributed by atoms with Gasteiger partial charge in [0.25, 0.3) is 0 Å². The molecule has 0 saturated heterocycles. The molecule has 17 heavy (non-hydrogen) atoms. The standard InChI is InChI=1S/C14H14ClNO/c1-17-14-7-4-11(9-13(14)15)8-10-2-5-12(16)6-3-10/h2-7,9H,8,16H2,1H3. The topological polar surface area (TPSA) is 35.2 Å². The minimum atomic E-state index is 0.639. The third kappa shape index (κ3) is 2.92. The van der Waals surface area contributed by atoms with E-state index in [1.165, 1.54) is 5.56 Å². The Balaban J connectivity index is 2.19. The maximum atomic E-state index is 6.08. The smallest absolute Gasteiger partial charge is 0.137 e. The number of anilines is 1. The predicted molar refractivity (Wildman–Crippen MR) is 71.7 cm³/mol. The average Bonchev–Trinajstić information content (AvgIpc) is 2.32. The number of halogens is 1. The third-order valence-electron chi connectivity index (χ3n) is 2.60. The van der Waals surface area contributed by atoms with Crippen LogP contribution in [0.4, 0.5) is 5.69 Å². The first kappa shape index (κ1) is 11.8. The van der Waals surface area contributed by atoms with Crippen molar-refractivity contribution in [1.82, 2.24) is 0 Å². The van der Waals surface area contributed by atoms with Crippen molar-refractivity contribution in [3.05, 3.63) is 58.6 Å². The molecule has 0 unspecified atom stereocenters. The summed E-state index contributed by atoms with van der Waals surface area (Å²) in [6, 6.07) is 13.7. The zero-order valence-corrected chi connectivity index (χ0v) is 10.4. The summed E-state index contributed by atoms with van der Waals surface area (Å²) in [5.74, 6) is 0.702. The highest BCUT2D eigenvalue weighted by Crippen LogP contribution is 2.26. The highest BCUT2D eigenvalue weighted by Gasteiger charge is 2.02. The second-order valence-corrected chi connectivity index (χ2v) is 4.29. The van der Waals surface area contributed by atoms with E-state index in [4.69, 9.17) is 22.1 Å². The van der Waals surface area contributed by atoms with Gasteiger partial charge < -0.3 is 10.5 Å². The maximum Gasteiger partial charge on any atom is 0.137 e. The molecule has 0 aliphatic carbocycles. The zero-order chi connectivity index (χ0) is 12.3. The van der Waals surface area contributed by atoms with Gasteiger partial charge in [-0.2, -0.15) is 0 Å². The van der Waals surface area contributed by atoms with E-state index in [-0.39, 0.29) is 0 Å². The summed E-state index contributed by atoms with van der Waals surface area (Å²) < 4.78 is 5.12. The van der Waals surface area contributed by atoms with Gasteiger partial charge in [0.2, 0.25) is 0 Å². The second-order valence-electron chi connectivity index (χ2n) is 3.89. The summed E-state index contributed by atoms with van der Waals surface area (Å²) in [7, 11) is 1.61. The third-order valence-corrected chi connectivity index (χ3v) is 2.90. The Morgan fingerprint density at radius 2 is 1.71 bits per heavy atom. The van der Waals surface area contributed by atoms with Crippen molar-refractivity contribution in [2.75, 3.05) is 12.8 Å².